The van der Waals surface area contributed by atoms with Crippen molar-refractivity contribution in [1.29, 1.82) is 0 Å². The van der Waals surface area contributed by atoms with Crippen LogP contribution in [0.1, 0.15) is 45.5 Å². The zero-order valence-electron chi connectivity index (χ0n) is 19.3. The maximum Gasteiger partial charge on any atom is 0.257 e. The molecule has 176 valence electrons. The monoisotopic (exact) mass is 469 g/mol. The van der Waals surface area contributed by atoms with E-state index >= 15 is 0 Å². The molecule has 4 aromatic rings. The number of piperidine rings is 1. The number of likely N-dealkylation sites (tertiary alicyclic amines) is 1. The predicted octanol–water partition coefficient (Wildman–Crippen LogP) is 4.57. The Morgan fingerprint density at radius 1 is 1.11 bits per heavy atom. The number of hydrogen-bond donors (Lipinski definition) is 2. The SMILES string of the molecule is CN1CCC2(CC1)CC(=O)c1ccc(-c3c[nH]c4ncc(C(=O)Nc5cncc(F)c5)cc34)cc12. The molecule has 1 aliphatic carbocycles. The van der Waals surface area contributed by atoms with E-state index in [1.807, 2.05) is 18.3 Å². The van der Waals surface area contributed by atoms with Crippen LogP contribution >= 0.6 is 0 Å². The molecule has 1 spiro atoms. The molecule has 0 radical (unpaired) electrons. The summed E-state index contributed by atoms with van der Waals surface area (Å²) < 4.78 is 13.4. The number of ketones is 1. The average Bonchev–Trinajstić information content (AvgIpc) is 3.39. The molecule has 1 amide bonds. The zero-order valence-corrected chi connectivity index (χ0v) is 19.3. The highest BCUT2D eigenvalue weighted by atomic mass is 19.1. The van der Waals surface area contributed by atoms with Gasteiger partial charge >= 0.3 is 0 Å². The van der Waals surface area contributed by atoms with Crippen molar-refractivity contribution in [2.24, 2.45) is 0 Å². The molecule has 0 unspecified atom stereocenters. The second kappa shape index (κ2) is 8.09. The van der Waals surface area contributed by atoms with Gasteiger partial charge in [0, 0.05) is 46.8 Å². The third kappa shape index (κ3) is 3.70. The summed E-state index contributed by atoms with van der Waals surface area (Å²) in [6.45, 7) is 1.96. The van der Waals surface area contributed by atoms with Crippen LogP contribution in [-0.2, 0) is 5.41 Å². The van der Waals surface area contributed by atoms with E-state index in [0.29, 0.717) is 17.6 Å². The Morgan fingerprint density at radius 2 is 1.94 bits per heavy atom. The lowest BCUT2D eigenvalue weighted by Crippen LogP contribution is -2.39. The molecule has 35 heavy (non-hydrogen) atoms. The fourth-order valence-electron chi connectivity index (χ4n) is 5.43. The third-order valence-corrected chi connectivity index (χ3v) is 7.40. The molecule has 1 aliphatic heterocycles. The highest BCUT2D eigenvalue weighted by Crippen LogP contribution is 2.47. The summed E-state index contributed by atoms with van der Waals surface area (Å²) in [5.41, 5.74) is 5.07. The number of nitrogens with zero attached hydrogens (tertiary/aromatic N) is 3. The normalized spacial score (nSPS) is 17.1. The van der Waals surface area contributed by atoms with Crippen LogP contribution in [-0.4, -0.2) is 51.7 Å². The summed E-state index contributed by atoms with van der Waals surface area (Å²) in [6.07, 6.45) is 8.36. The van der Waals surface area contributed by atoms with Crippen LogP contribution in [0.25, 0.3) is 22.2 Å². The van der Waals surface area contributed by atoms with Crippen LogP contribution in [0, 0.1) is 5.82 Å². The Labute approximate surface area is 201 Å². The van der Waals surface area contributed by atoms with Gasteiger partial charge in [0.15, 0.2) is 5.78 Å². The van der Waals surface area contributed by atoms with E-state index in [1.165, 1.54) is 18.5 Å². The number of pyridine rings is 2. The van der Waals surface area contributed by atoms with Gasteiger partial charge in [-0.25, -0.2) is 9.37 Å². The van der Waals surface area contributed by atoms with Crippen molar-refractivity contribution in [3.05, 3.63) is 77.6 Å². The minimum atomic E-state index is -0.526. The molecule has 8 heteroatoms. The van der Waals surface area contributed by atoms with Gasteiger partial charge in [-0.2, -0.15) is 0 Å². The van der Waals surface area contributed by atoms with Gasteiger partial charge in [0.2, 0.25) is 0 Å². The molecule has 1 fully saturated rings. The first kappa shape index (κ1) is 21.6. The molecule has 0 atom stereocenters. The summed E-state index contributed by atoms with van der Waals surface area (Å²) >= 11 is 0. The molecular formula is C27H24FN5O2. The lowest BCUT2D eigenvalue weighted by Gasteiger charge is -2.38. The quantitative estimate of drug-likeness (QED) is 0.459. The zero-order chi connectivity index (χ0) is 24.2. The Morgan fingerprint density at radius 3 is 2.74 bits per heavy atom. The number of hydrogen-bond acceptors (Lipinski definition) is 5. The maximum absolute atomic E-state index is 13.4. The summed E-state index contributed by atoms with van der Waals surface area (Å²) in [7, 11) is 2.12. The number of carbonyl (C=O) groups is 2. The van der Waals surface area contributed by atoms with E-state index in [4.69, 9.17) is 0 Å². The van der Waals surface area contributed by atoms with Crippen LogP contribution in [0.15, 0.2) is 55.1 Å². The fourth-order valence-corrected chi connectivity index (χ4v) is 5.43. The minimum absolute atomic E-state index is 0.0939. The van der Waals surface area contributed by atoms with Gasteiger partial charge in [0.25, 0.3) is 5.91 Å². The summed E-state index contributed by atoms with van der Waals surface area (Å²) in [4.78, 5) is 39.3. The molecule has 0 saturated carbocycles. The van der Waals surface area contributed by atoms with Gasteiger partial charge in [-0.1, -0.05) is 12.1 Å². The number of anilines is 1. The van der Waals surface area contributed by atoms with Gasteiger partial charge in [0.05, 0.1) is 23.6 Å². The van der Waals surface area contributed by atoms with Gasteiger partial charge in [-0.15, -0.1) is 0 Å². The lowest BCUT2D eigenvalue weighted by molar-refractivity contribution is 0.0945. The topological polar surface area (TPSA) is 91.0 Å². The molecule has 6 rings (SSSR count). The van der Waals surface area contributed by atoms with Crippen molar-refractivity contribution in [3.8, 4) is 11.1 Å². The molecule has 2 N–H and O–H groups in total. The van der Waals surface area contributed by atoms with E-state index < -0.39 is 11.7 Å². The van der Waals surface area contributed by atoms with Gasteiger partial charge < -0.3 is 15.2 Å². The first-order valence-electron chi connectivity index (χ1n) is 11.7. The Kier molecular flexibility index (Phi) is 5.00. The van der Waals surface area contributed by atoms with E-state index in [9.17, 15) is 14.0 Å². The standard InChI is InChI=1S/C27H24FN5O2/c1-33-6-4-27(5-7-33)11-24(34)20-3-2-16(9-23(20)27)22-15-31-25-21(22)8-17(12-30-25)26(35)32-19-10-18(28)13-29-14-19/h2-3,8-10,12-15H,4-7,11H2,1H3,(H,30,31)(H,32,35). The van der Waals surface area contributed by atoms with Crippen LogP contribution in [0.4, 0.5) is 10.1 Å². The molecular weight excluding hydrogens is 445 g/mol. The first-order valence-corrected chi connectivity index (χ1v) is 11.7. The van der Waals surface area contributed by atoms with Crippen molar-refractivity contribution < 1.29 is 14.0 Å². The van der Waals surface area contributed by atoms with Crippen molar-refractivity contribution in [2.75, 3.05) is 25.5 Å². The van der Waals surface area contributed by atoms with Crippen LogP contribution in [0.5, 0.6) is 0 Å². The summed E-state index contributed by atoms with van der Waals surface area (Å²) in [6, 6.07) is 9.06. The maximum atomic E-state index is 13.4. The summed E-state index contributed by atoms with van der Waals surface area (Å²) in [5, 5.41) is 3.47. The minimum Gasteiger partial charge on any atom is -0.346 e. The number of carbonyl (C=O) groups excluding carboxylic acids is 2. The van der Waals surface area contributed by atoms with Crippen molar-refractivity contribution in [3.63, 3.8) is 0 Å². The van der Waals surface area contributed by atoms with Gasteiger partial charge in [0.1, 0.15) is 11.5 Å². The van der Waals surface area contributed by atoms with E-state index in [-0.39, 0.29) is 16.9 Å². The highest BCUT2D eigenvalue weighted by Gasteiger charge is 2.44. The number of amides is 1. The largest absolute Gasteiger partial charge is 0.346 e. The highest BCUT2D eigenvalue weighted by molar-refractivity contribution is 6.07. The number of halogens is 1. The third-order valence-electron chi connectivity index (χ3n) is 7.40. The number of benzene rings is 1. The van der Waals surface area contributed by atoms with Crippen LogP contribution < -0.4 is 5.32 Å². The molecule has 4 heterocycles. The molecule has 2 aliphatic rings. The number of H-pyrrole nitrogens is 1. The Hall–Kier alpha value is -3.91. The predicted molar refractivity (Wildman–Crippen MR) is 131 cm³/mol. The molecule has 3 aromatic heterocycles. The summed E-state index contributed by atoms with van der Waals surface area (Å²) in [5.74, 6) is -0.701. The molecule has 7 nitrogen and oxygen atoms in total. The average molecular weight is 470 g/mol. The van der Waals surface area contributed by atoms with Crippen molar-refractivity contribution >= 4 is 28.4 Å². The number of rotatable bonds is 3. The van der Waals surface area contributed by atoms with E-state index in [1.54, 1.807) is 6.07 Å². The second-order valence-corrected chi connectivity index (χ2v) is 9.61. The number of Topliss-reactive ketones (excluding diaryl/α,β-unsaturated/α-hetero) is 1. The number of nitrogens with one attached hydrogen (secondary N) is 2. The van der Waals surface area contributed by atoms with Crippen LogP contribution in [0.2, 0.25) is 0 Å². The first-order chi connectivity index (χ1) is 16.9. The van der Waals surface area contributed by atoms with Gasteiger partial charge in [-0.05, 0) is 56.2 Å². The number of fused-ring (bicyclic) bond motifs is 3. The van der Waals surface area contributed by atoms with Crippen LogP contribution in [0.3, 0.4) is 0 Å². The second-order valence-electron chi connectivity index (χ2n) is 9.61. The van der Waals surface area contributed by atoms with E-state index in [0.717, 1.165) is 59.8 Å². The fraction of sp³-hybridized carbons (Fsp3) is 0.259. The Balaban J connectivity index is 1.37. The lowest BCUT2D eigenvalue weighted by atomic mass is 9.73. The number of aromatic nitrogens is 3. The smallest absolute Gasteiger partial charge is 0.257 e. The molecule has 1 aromatic carbocycles. The number of aromatic amines is 1. The Bertz CT molecular complexity index is 1490. The van der Waals surface area contributed by atoms with E-state index in [2.05, 4.69) is 38.3 Å². The molecule has 0 bridgehead atoms. The van der Waals surface area contributed by atoms with Gasteiger partial charge in [-0.3, -0.25) is 14.6 Å². The molecule has 1 saturated heterocycles. The van der Waals surface area contributed by atoms with Crippen molar-refractivity contribution in [1.82, 2.24) is 19.9 Å². The van der Waals surface area contributed by atoms with Crippen molar-refractivity contribution in [2.45, 2.75) is 24.7 Å².